The quantitative estimate of drug-likeness (QED) is 0.754. The molecule has 2 heterocycles. The standard InChI is InChI=1S/C12H14ClF2NO3S/c1-2-18-12(17)11-8(3-9(13)20-11)19-7-4-16(5-7)6-10(14)15/h3,7,10H,2,4-6H2,1H3. The molecule has 1 fully saturated rings. The summed E-state index contributed by atoms with van der Waals surface area (Å²) < 4.78 is 35.3. The minimum Gasteiger partial charge on any atom is -0.486 e. The molecule has 0 N–H and O–H groups in total. The Morgan fingerprint density at radius 2 is 2.30 bits per heavy atom. The van der Waals surface area contributed by atoms with Gasteiger partial charge in [0.25, 0.3) is 6.43 Å². The Labute approximate surface area is 124 Å². The van der Waals surface area contributed by atoms with Gasteiger partial charge >= 0.3 is 5.97 Å². The maximum absolute atomic E-state index is 12.2. The van der Waals surface area contributed by atoms with E-state index in [0.717, 1.165) is 11.3 Å². The van der Waals surface area contributed by atoms with Crippen LogP contribution in [0, 0.1) is 0 Å². The second-order valence-electron chi connectivity index (χ2n) is 4.31. The summed E-state index contributed by atoms with van der Waals surface area (Å²) in [4.78, 5) is 13.6. The summed E-state index contributed by atoms with van der Waals surface area (Å²) in [6.07, 6.45) is -2.55. The molecule has 0 radical (unpaired) electrons. The van der Waals surface area contributed by atoms with Crippen LogP contribution in [0.2, 0.25) is 4.34 Å². The summed E-state index contributed by atoms with van der Waals surface area (Å²) in [7, 11) is 0. The average Bonchev–Trinajstić information content (AvgIpc) is 2.67. The number of rotatable bonds is 6. The molecule has 1 aliphatic rings. The summed E-state index contributed by atoms with van der Waals surface area (Å²) in [5, 5.41) is 0. The Kier molecular flexibility index (Phi) is 5.17. The molecule has 0 spiro atoms. The van der Waals surface area contributed by atoms with E-state index in [0.29, 0.717) is 28.1 Å². The zero-order chi connectivity index (χ0) is 14.7. The predicted octanol–water partition coefficient (Wildman–Crippen LogP) is 2.91. The van der Waals surface area contributed by atoms with Crippen molar-refractivity contribution >= 4 is 28.9 Å². The first-order valence-electron chi connectivity index (χ1n) is 6.13. The van der Waals surface area contributed by atoms with E-state index < -0.39 is 12.4 Å². The second-order valence-corrected chi connectivity index (χ2v) is 6.00. The number of carbonyl (C=O) groups is 1. The van der Waals surface area contributed by atoms with Crippen LogP contribution in [0.3, 0.4) is 0 Å². The fraction of sp³-hybridized carbons (Fsp3) is 0.583. The Hall–Kier alpha value is -0.920. The van der Waals surface area contributed by atoms with Gasteiger partial charge in [0.2, 0.25) is 0 Å². The van der Waals surface area contributed by atoms with Crippen molar-refractivity contribution in [2.24, 2.45) is 0 Å². The van der Waals surface area contributed by atoms with Crippen LogP contribution in [0.1, 0.15) is 16.6 Å². The summed E-state index contributed by atoms with van der Waals surface area (Å²) >= 11 is 6.96. The maximum atomic E-state index is 12.2. The molecule has 1 saturated heterocycles. The number of halogens is 3. The molecule has 20 heavy (non-hydrogen) atoms. The molecular weight excluding hydrogens is 312 g/mol. The Bertz CT molecular complexity index is 477. The fourth-order valence-electron chi connectivity index (χ4n) is 1.89. The third-order valence-electron chi connectivity index (χ3n) is 2.74. The predicted molar refractivity (Wildman–Crippen MR) is 72.1 cm³/mol. The largest absolute Gasteiger partial charge is 0.486 e. The topological polar surface area (TPSA) is 38.8 Å². The van der Waals surface area contributed by atoms with E-state index >= 15 is 0 Å². The number of likely N-dealkylation sites (tertiary alicyclic amines) is 1. The second kappa shape index (κ2) is 6.69. The van der Waals surface area contributed by atoms with Gasteiger partial charge in [0.15, 0.2) is 4.88 Å². The first-order chi connectivity index (χ1) is 9.49. The molecule has 1 aliphatic heterocycles. The number of ether oxygens (including phenoxy) is 2. The van der Waals surface area contributed by atoms with E-state index in [4.69, 9.17) is 21.1 Å². The van der Waals surface area contributed by atoms with E-state index in [1.54, 1.807) is 17.9 Å². The van der Waals surface area contributed by atoms with Crippen molar-refractivity contribution in [3.8, 4) is 5.75 Å². The van der Waals surface area contributed by atoms with Crippen molar-refractivity contribution in [3.63, 3.8) is 0 Å². The summed E-state index contributed by atoms with van der Waals surface area (Å²) in [5.74, 6) is -0.122. The van der Waals surface area contributed by atoms with Crippen LogP contribution in [0.5, 0.6) is 5.75 Å². The third kappa shape index (κ3) is 3.80. The number of hydrogen-bond donors (Lipinski definition) is 0. The fourth-order valence-corrected chi connectivity index (χ4v) is 2.93. The Morgan fingerprint density at radius 1 is 1.60 bits per heavy atom. The van der Waals surface area contributed by atoms with Crippen LogP contribution in [-0.2, 0) is 4.74 Å². The first kappa shape index (κ1) is 15.5. The zero-order valence-electron chi connectivity index (χ0n) is 10.8. The highest BCUT2D eigenvalue weighted by Crippen LogP contribution is 2.35. The summed E-state index contributed by atoms with van der Waals surface area (Å²) in [5.41, 5.74) is 0. The van der Waals surface area contributed by atoms with Crippen molar-refractivity contribution in [2.45, 2.75) is 19.5 Å². The van der Waals surface area contributed by atoms with E-state index in [9.17, 15) is 13.6 Å². The van der Waals surface area contributed by atoms with Crippen LogP contribution in [0.25, 0.3) is 0 Å². The van der Waals surface area contributed by atoms with E-state index in [1.807, 2.05) is 0 Å². The molecule has 8 heteroatoms. The van der Waals surface area contributed by atoms with Gasteiger partial charge in [-0.1, -0.05) is 11.6 Å². The monoisotopic (exact) mass is 325 g/mol. The smallest absolute Gasteiger partial charge is 0.352 e. The van der Waals surface area contributed by atoms with Crippen LogP contribution < -0.4 is 4.74 Å². The van der Waals surface area contributed by atoms with Crippen molar-refractivity contribution in [1.82, 2.24) is 4.90 Å². The van der Waals surface area contributed by atoms with Crippen LogP contribution in [0.15, 0.2) is 6.07 Å². The van der Waals surface area contributed by atoms with Gasteiger partial charge in [-0.2, -0.15) is 0 Å². The first-order valence-corrected chi connectivity index (χ1v) is 7.32. The molecule has 0 bridgehead atoms. The minimum atomic E-state index is -2.35. The molecule has 4 nitrogen and oxygen atoms in total. The molecule has 0 aliphatic carbocycles. The van der Waals surface area contributed by atoms with Crippen molar-refractivity contribution < 1.29 is 23.0 Å². The molecule has 2 rings (SSSR count). The minimum absolute atomic E-state index is 0.201. The number of hydrogen-bond acceptors (Lipinski definition) is 5. The molecule has 0 aromatic carbocycles. The van der Waals surface area contributed by atoms with Crippen molar-refractivity contribution in [3.05, 3.63) is 15.3 Å². The number of nitrogens with zero attached hydrogens (tertiary/aromatic N) is 1. The summed E-state index contributed by atoms with van der Waals surface area (Å²) in [6, 6.07) is 1.55. The lowest BCUT2D eigenvalue weighted by Crippen LogP contribution is -2.55. The molecule has 1 aromatic rings. The highest BCUT2D eigenvalue weighted by atomic mass is 35.5. The van der Waals surface area contributed by atoms with Crippen molar-refractivity contribution in [2.75, 3.05) is 26.2 Å². The molecule has 0 amide bonds. The lowest BCUT2D eigenvalue weighted by atomic mass is 10.1. The van der Waals surface area contributed by atoms with Gasteiger partial charge in [-0.15, -0.1) is 11.3 Å². The molecule has 0 saturated carbocycles. The van der Waals surface area contributed by atoms with Gasteiger partial charge in [0.05, 0.1) is 17.5 Å². The number of thiophene rings is 1. The average molecular weight is 326 g/mol. The molecule has 112 valence electrons. The Morgan fingerprint density at radius 3 is 2.90 bits per heavy atom. The number of alkyl halides is 2. The lowest BCUT2D eigenvalue weighted by Gasteiger charge is -2.38. The zero-order valence-corrected chi connectivity index (χ0v) is 12.3. The van der Waals surface area contributed by atoms with Gasteiger partial charge < -0.3 is 9.47 Å². The lowest BCUT2D eigenvalue weighted by molar-refractivity contribution is -0.0167. The number of esters is 1. The maximum Gasteiger partial charge on any atom is 0.352 e. The SMILES string of the molecule is CCOC(=O)c1sc(Cl)cc1OC1CN(CC(F)F)C1. The van der Waals surface area contributed by atoms with Crippen LogP contribution in [-0.4, -0.2) is 49.6 Å². The van der Waals surface area contributed by atoms with Crippen LogP contribution >= 0.6 is 22.9 Å². The van der Waals surface area contributed by atoms with Gasteiger partial charge in [0.1, 0.15) is 11.9 Å². The summed E-state index contributed by atoms with van der Waals surface area (Å²) in [6.45, 7) is 2.55. The highest BCUT2D eigenvalue weighted by molar-refractivity contribution is 7.18. The molecule has 0 unspecified atom stereocenters. The Balaban J connectivity index is 1.92. The van der Waals surface area contributed by atoms with Gasteiger partial charge in [-0.05, 0) is 6.92 Å². The molecule has 1 aromatic heterocycles. The molecular formula is C12H14ClF2NO3S. The van der Waals surface area contributed by atoms with E-state index in [2.05, 4.69) is 0 Å². The van der Waals surface area contributed by atoms with Crippen LogP contribution in [0.4, 0.5) is 8.78 Å². The highest BCUT2D eigenvalue weighted by Gasteiger charge is 2.32. The van der Waals surface area contributed by atoms with E-state index in [1.165, 1.54) is 0 Å². The van der Waals surface area contributed by atoms with Gasteiger partial charge in [-0.3, -0.25) is 4.90 Å². The third-order valence-corrected chi connectivity index (χ3v) is 3.97. The van der Waals surface area contributed by atoms with Crippen molar-refractivity contribution in [1.29, 1.82) is 0 Å². The molecule has 0 atom stereocenters. The number of carbonyl (C=O) groups excluding carboxylic acids is 1. The normalized spacial score (nSPS) is 16.2. The van der Waals surface area contributed by atoms with E-state index in [-0.39, 0.29) is 19.3 Å². The van der Waals surface area contributed by atoms with Gasteiger partial charge in [-0.25, -0.2) is 13.6 Å². The van der Waals surface area contributed by atoms with Gasteiger partial charge in [0, 0.05) is 19.2 Å².